The molecule has 2 rings (SSSR count). The van der Waals surface area contributed by atoms with Crippen molar-refractivity contribution >= 4 is 16.9 Å². The lowest BCUT2D eigenvalue weighted by atomic mass is 10.1. The van der Waals surface area contributed by atoms with E-state index in [2.05, 4.69) is 15.3 Å². The number of unbranched alkanes of at least 4 members (excludes halogenated alkanes) is 3. The lowest BCUT2D eigenvalue weighted by molar-refractivity contribution is 0.0954. The highest BCUT2D eigenvalue weighted by Crippen LogP contribution is 2.13. The van der Waals surface area contributed by atoms with Gasteiger partial charge in [-0.15, -0.1) is 0 Å². The minimum absolute atomic E-state index is 0.113. The third-order valence-electron chi connectivity index (χ3n) is 3.11. The Balaban J connectivity index is 1.91. The van der Waals surface area contributed by atoms with Crippen molar-refractivity contribution in [2.75, 3.05) is 13.2 Å². The highest BCUT2D eigenvalue weighted by molar-refractivity contribution is 6.04. The molecular weight excluding hydrogens is 254 g/mol. The Morgan fingerprint density at radius 2 is 1.90 bits per heavy atom. The van der Waals surface area contributed by atoms with E-state index in [4.69, 9.17) is 5.11 Å². The number of aromatic nitrogens is 2. The molecular formula is C15H19N3O2. The number of hydrogen-bond acceptors (Lipinski definition) is 4. The summed E-state index contributed by atoms with van der Waals surface area (Å²) in [4.78, 5) is 20.5. The zero-order valence-electron chi connectivity index (χ0n) is 11.4. The van der Waals surface area contributed by atoms with Crippen molar-refractivity contribution in [1.82, 2.24) is 15.3 Å². The second-order valence-corrected chi connectivity index (χ2v) is 4.62. The normalized spacial score (nSPS) is 10.7. The van der Waals surface area contributed by atoms with Gasteiger partial charge in [0.1, 0.15) is 5.52 Å². The van der Waals surface area contributed by atoms with Crippen molar-refractivity contribution in [2.45, 2.75) is 25.7 Å². The molecule has 5 heteroatoms. The average Bonchev–Trinajstić information content (AvgIpc) is 2.50. The van der Waals surface area contributed by atoms with Crippen molar-refractivity contribution in [3.05, 3.63) is 36.2 Å². The van der Waals surface area contributed by atoms with E-state index < -0.39 is 0 Å². The summed E-state index contributed by atoms with van der Waals surface area (Å²) in [6, 6.07) is 5.42. The zero-order chi connectivity index (χ0) is 14.2. The number of benzene rings is 1. The molecule has 0 aliphatic carbocycles. The topological polar surface area (TPSA) is 75.1 Å². The summed E-state index contributed by atoms with van der Waals surface area (Å²) in [5.41, 5.74) is 1.92. The van der Waals surface area contributed by atoms with Crippen molar-refractivity contribution < 1.29 is 9.90 Å². The lowest BCUT2D eigenvalue weighted by Gasteiger charge is -2.07. The molecule has 0 aliphatic rings. The predicted octanol–water partition coefficient (Wildman–Crippen LogP) is 1.91. The molecule has 1 heterocycles. The van der Waals surface area contributed by atoms with Gasteiger partial charge in [-0.25, -0.2) is 0 Å². The maximum atomic E-state index is 12.1. The maximum absolute atomic E-state index is 12.1. The van der Waals surface area contributed by atoms with Gasteiger partial charge in [0.05, 0.1) is 11.1 Å². The van der Waals surface area contributed by atoms with Crippen LogP contribution in [0, 0.1) is 0 Å². The van der Waals surface area contributed by atoms with Crippen molar-refractivity contribution in [2.24, 2.45) is 0 Å². The summed E-state index contributed by atoms with van der Waals surface area (Å²) in [5, 5.41) is 11.6. The fourth-order valence-electron chi connectivity index (χ4n) is 2.06. The van der Waals surface area contributed by atoms with Crippen LogP contribution in [0.4, 0.5) is 0 Å². The number of amides is 1. The number of rotatable bonds is 7. The minimum atomic E-state index is -0.113. The summed E-state index contributed by atoms with van der Waals surface area (Å²) in [7, 11) is 0. The monoisotopic (exact) mass is 273 g/mol. The quantitative estimate of drug-likeness (QED) is 0.756. The molecule has 1 aromatic carbocycles. The van der Waals surface area contributed by atoms with Crippen LogP contribution < -0.4 is 5.32 Å². The number of aliphatic hydroxyl groups excluding tert-OH is 1. The van der Waals surface area contributed by atoms with Gasteiger partial charge in [0.15, 0.2) is 0 Å². The van der Waals surface area contributed by atoms with Gasteiger partial charge in [0.25, 0.3) is 5.91 Å². The molecule has 0 unspecified atom stereocenters. The predicted molar refractivity (Wildman–Crippen MR) is 77.4 cm³/mol. The summed E-state index contributed by atoms with van der Waals surface area (Å²) in [5.74, 6) is -0.113. The van der Waals surface area contributed by atoms with Crippen LogP contribution in [0.5, 0.6) is 0 Å². The Morgan fingerprint density at radius 1 is 1.10 bits per heavy atom. The molecule has 0 aliphatic heterocycles. The summed E-state index contributed by atoms with van der Waals surface area (Å²) < 4.78 is 0. The molecule has 20 heavy (non-hydrogen) atoms. The molecule has 0 saturated heterocycles. The Hall–Kier alpha value is -2.01. The fraction of sp³-hybridized carbons (Fsp3) is 0.400. The lowest BCUT2D eigenvalue weighted by Crippen LogP contribution is -2.24. The molecule has 0 bridgehead atoms. The second-order valence-electron chi connectivity index (χ2n) is 4.62. The highest BCUT2D eigenvalue weighted by atomic mass is 16.2. The SMILES string of the molecule is O=C(NCCCCCCO)c1cccc2nccnc12. The molecule has 0 atom stereocenters. The van der Waals surface area contributed by atoms with Gasteiger partial charge >= 0.3 is 0 Å². The number of carbonyl (C=O) groups excluding carboxylic acids is 1. The molecule has 0 spiro atoms. The summed E-state index contributed by atoms with van der Waals surface area (Å²) in [6.07, 6.45) is 6.95. The smallest absolute Gasteiger partial charge is 0.253 e. The van der Waals surface area contributed by atoms with E-state index in [9.17, 15) is 4.79 Å². The fourth-order valence-corrected chi connectivity index (χ4v) is 2.06. The van der Waals surface area contributed by atoms with Crippen LogP contribution in [0.3, 0.4) is 0 Å². The van der Waals surface area contributed by atoms with Crippen LogP contribution in [-0.2, 0) is 0 Å². The van der Waals surface area contributed by atoms with Crippen molar-refractivity contribution in [3.8, 4) is 0 Å². The standard InChI is InChI=1S/C15H19N3O2/c19-11-4-2-1-3-8-18-15(20)12-6-5-7-13-14(12)17-10-9-16-13/h5-7,9-10,19H,1-4,8,11H2,(H,18,20). The maximum Gasteiger partial charge on any atom is 0.253 e. The average molecular weight is 273 g/mol. The molecule has 5 nitrogen and oxygen atoms in total. The van der Waals surface area contributed by atoms with Crippen molar-refractivity contribution in [1.29, 1.82) is 0 Å². The third-order valence-corrected chi connectivity index (χ3v) is 3.11. The molecule has 0 fully saturated rings. The molecule has 106 valence electrons. The van der Waals surface area contributed by atoms with Gasteiger partial charge in [0, 0.05) is 25.5 Å². The van der Waals surface area contributed by atoms with E-state index in [-0.39, 0.29) is 12.5 Å². The first kappa shape index (κ1) is 14.4. The van der Waals surface area contributed by atoms with Gasteiger partial charge in [0.2, 0.25) is 0 Å². The van der Waals surface area contributed by atoms with E-state index in [1.54, 1.807) is 18.5 Å². The van der Waals surface area contributed by atoms with E-state index >= 15 is 0 Å². The van der Waals surface area contributed by atoms with Crippen LogP contribution in [0.25, 0.3) is 11.0 Å². The minimum Gasteiger partial charge on any atom is -0.396 e. The van der Waals surface area contributed by atoms with Gasteiger partial charge in [-0.3, -0.25) is 14.8 Å². The van der Waals surface area contributed by atoms with Gasteiger partial charge in [-0.1, -0.05) is 18.9 Å². The Morgan fingerprint density at radius 3 is 2.75 bits per heavy atom. The number of hydrogen-bond donors (Lipinski definition) is 2. The van der Waals surface area contributed by atoms with E-state index in [1.165, 1.54) is 0 Å². The zero-order valence-corrected chi connectivity index (χ0v) is 11.4. The molecule has 2 N–H and O–H groups in total. The number of fused-ring (bicyclic) bond motifs is 1. The van der Waals surface area contributed by atoms with Crippen LogP contribution in [0.1, 0.15) is 36.0 Å². The Kier molecular flexibility index (Phi) is 5.43. The summed E-state index contributed by atoms with van der Waals surface area (Å²) in [6.45, 7) is 0.877. The second kappa shape index (κ2) is 7.55. The molecule has 2 aromatic rings. The number of aliphatic hydroxyl groups is 1. The number of nitrogens with zero attached hydrogens (tertiary/aromatic N) is 2. The van der Waals surface area contributed by atoms with Crippen LogP contribution >= 0.6 is 0 Å². The molecule has 1 amide bonds. The first-order valence-corrected chi connectivity index (χ1v) is 6.91. The summed E-state index contributed by atoms with van der Waals surface area (Å²) >= 11 is 0. The largest absolute Gasteiger partial charge is 0.396 e. The van der Waals surface area contributed by atoms with Crippen LogP contribution in [0.2, 0.25) is 0 Å². The number of carbonyl (C=O) groups is 1. The van der Waals surface area contributed by atoms with E-state index in [0.29, 0.717) is 17.6 Å². The van der Waals surface area contributed by atoms with Gasteiger partial charge in [-0.05, 0) is 25.0 Å². The molecule has 0 saturated carbocycles. The molecule has 0 radical (unpaired) electrons. The Bertz CT molecular complexity index is 567. The van der Waals surface area contributed by atoms with E-state index in [0.717, 1.165) is 31.2 Å². The molecule has 1 aromatic heterocycles. The first-order valence-electron chi connectivity index (χ1n) is 6.91. The first-order chi connectivity index (χ1) is 9.83. The highest BCUT2D eigenvalue weighted by Gasteiger charge is 2.10. The number of para-hydroxylation sites is 1. The van der Waals surface area contributed by atoms with Crippen molar-refractivity contribution in [3.63, 3.8) is 0 Å². The van der Waals surface area contributed by atoms with Gasteiger partial charge in [-0.2, -0.15) is 0 Å². The van der Waals surface area contributed by atoms with E-state index in [1.807, 2.05) is 12.1 Å². The van der Waals surface area contributed by atoms with Crippen LogP contribution in [-0.4, -0.2) is 34.1 Å². The van der Waals surface area contributed by atoms with Gasteiger partial charge < -0.3 is 10.4 Å². The third kappa shape index (κ3) is 3.74. The Labute approximate surface area is 118 Å². The number of nitrogens with one attached hydrogen (secondary N) is 1. The van der Waals surface area contributed by atoms with Crippen LogP contribution in [0.15, 0.2) is 30.6 Å².